The third-order valence-electron chi connectivity index (χ3n) is 6.04. The first-order valence-electron chi connectivity index (χ1n) is 9.70. The van der Waals surface area contributed by atoms with Crippen LogP contribution in [0.5, 0.6) is 0 Å². The molecule has 30 heavy (non-hydrogen) atoms. The summed E-state index contributed by atoms with van der Waals surface area (Å²) in [6, 6.07) is 9.49. The normalized spacial score (nSPS) is 22.7. The Bertz CT molecular complexity index is 1160. The molecule has 2 unspecified atom stereocenters. The molecule has 2 atom stereocenters. The summed E-state index contributed by atoms with van der Waals surface area (Å²) in [5.41, 5.74) is 2.05. The summed E-state index contributed by atoms with van der Waals surface area (Å²) < 4.78 is 0. The second kappa shape index (κ2) is 6.64. The van der Waals surface area contributed by atoms with E-state index in [0.29, 0.717) is 40.4 Å². The van der Waals surface area contributed by atoms with Crippen molar-refractivity contribution in [2.75, 3.05) is 9.80 Å². The molecule has 0 radical (unpaired) electrons. The number of amides is 4. The van der Waals surface area contributed by atoms with Crippen molar-refractivity contribution in [2.24, 2.45) is 11.8 Å². The minimum absolute atomic E-state index is 0.197. The van der Waals surface area contributed by atoms with Crippen molar-refractivity contribution >= 4 is 46.6 Å². The Balaban J connectivity index is 1.49. The summed E-state index contributed by atoms with van der Waals surface area (Å²) in [7, 11) is 0. The third kappa shape index (κ3) is 2.57. The summed E-state index contributed by atoms with van der Waals surface area (Å²) in [6.07, 6.45) is 5.03. The van der Waals surface area contributed by atoms with Crippen molar-refractivity contribution in [2.45, 2.75) is 19.8 Å². The molecule has 1 fully saturated rings. The molecule has 1 saturated heterocycles. The number of carbonyl (C=O) groups excluding carboxylic acids is 4. The minimum Gasteiger partial charge on any atom is -0.274 e. The lowest BCUT2D eigenvalue weighted by Gasteiger charge is -2.20. The van der Waals surface area contributed by atoms with E-state index >= 15 is 0 Å². The van der Waals surface area contributed by atoms with Crippen LogP contribution in [-0.4, -0.2) is 23.6 Å². The molecule has 2 aliphatic heterocycles. The second-order valence-corrected chi connectivity index (χ2v) is 8.21. The Labute approximate surface area is 177 Å². The van der Waals surface area contributed by atoms with Crippen LogP contribution in [-0.2, 0) is 9.59 Å². The molecule has 3 aliphatic rings. The van der Waals surface area contributed by atoms with E-state index in [2.05, 4.69) is 0 Å². The summed E-state index contributed by atoms with van der Waals surface area (Å²) in [4.78, 5) is 53.7. The maximum atomic E-state index is 12.8. The molecule has 0 N–H and O–H groups in total. The van der Waals surface area contributed by atoms with E-state index in [-0.39, 0.29) is 29.2 Å². The highest BCUT2D eigenvalue weighted by Gasteiger charge is 2.48. The van der Waals surface area contributed by atoms with Gasteiger partial charge in [0.15, 0.2) is 0 Å². The number of rotatable bonds is 2. The molecule has 2 aromatic rings. The van der Waals surface area contributed by atoms with E-state index in [9.17, 15) is 19.2 Å². The monoisotopic (exact) mass is 420 g/mol. The fourth-order valence-corrected chi connectivity index (χ4v) is 4.69. The third-order valence-corrected chi connectivity index (χ3v) is 6.27. The zero-order valence-electron chi connectivity index (χ0n) is 16.1. The van der Waals surface area contributed by atoms with Crippen LogP contribution < -0.4 is 9.80 Å². The van der Waals surface area contributed by atoms with Crippen molar-refractivity contribution in [1.29, 1.82) is 0 Å². The molecular weight excluding hydrogens is 404 g/mol. The molecule has 2 heterocycles. The van der Waals surface area contributed by atoms with Gasteiger partial charge in [0.2, 0.25) is 11.8 Å². The van der Waals surface area contributed by atoms with E-state index in [1.807, 2.05) is 12.2 Å². The first-order chi connectivity index (χ1) is 14.4. The van der Waals surface area contributed by atoms with Crippen molar-refractivity contribution in [1.82, 2.24) is 0 Å². The van der Waals surface area contributed by atoms with Crippen molar-refractivity contribution in [3.63, 3.8) is 0 Å². The number of benzene rings is 2. The number of hydrogen-bond acceptors (Lipinski definition) is 4. The standard InChI is InChI=1S/C23H17ClN2O4/c1-12-10-14(25-20(27)15-4-2-3-5-16(15)21(25)28)7-9-19(12)26-22(29)17-8-6-13(24)11-18(17)23(26)30/h2-3,6-11,15-16H,4-5H2,1H3. The Morgan fingerprint density at radius 2 is 1.43 bits per heavy atom. The van der Waals surface area contributed by atoms with Crippen LogP contribution >= 0.6 is 11.6 Å². The number of allylic oxidation sites excluding steroid dienone is 2. The Morgan fingerprint density at radius 3 is 2.07 bits per heavy atom. The van der Waals surface area contributed by atoms with Gasteiger partial charge in [0.1, 0.15) is 0 Å². The lowest BCUT2D eigenvalue weighted by molar-refractivity contribution is -0.122. The number of halogens is 1. The Morgan fingerprint density at radius 1 is 0.800 bits per heavy atom. The molecule has 0 bridgehead atoms. The number of imide groups is 2. The molecule has 4 amide bonds. The van der Waals surface area contributed by atoms with Crippen LogP contribution in [0.3, 0.4) is 0 Å². The average molecular weight is 421 g/mol. The Hall–Kier alpha value is -3.25. The number of nitrogens with zero attached hydrogens (tertiary/aromatic N) is 2. The Kier molecular flexibility index (Phi) is 4.15. The van der Waals surface area contributed by atoms with Gasteiger partial charge < -0.3 is 0 Å². The van der Waals surface area contributed by atoms with E-state index in [0.717, 1.165) is 4.90 Å². The van der Waals surface area contributed by atoms with Gasteiger partial charge in [-0.3, -0.25) is 24.1 Å². The van der Waals surface area contributed by atoms with Crippen molar-refractivity contribution in [3.05, 3.63) is 70.3 Å². The molecular formula is C23H17ClN2O4. The zero-order valence-corrected chi connectivity index (χ0v) is 16.8. The maximum Gasteiger partial charge on any atom is 0.266 e. The van der Waals surface area contributed by atoms with E-state index in [1.54, 1.807) is 37.3 Å². The maximum absolute atomic E-state index is 12.8. The zero-order chi connectivity index (χ0) is 21.2. The molecule has 7 heteroatoms. The summed E-state index contributed by atoms with van der Waals surface area (Å²) in [5, 5.41) is 0.380. The van der Waals surface area contributed by atoms with E-state index in [1.165, 1.54) is 11.0 Å². The van der Waals surface area contributed by atoms with Crippen LogP contribution in [0, 0.1) is 18.8 Å². The van der Waals surface area contributed by atoms with Crippen molar-refractivity contribution < 1.29 is 19.2 Å². The first-order valence-corrected chi connectivity index (χ1v) is 10.1. The van der Waals surface area contributed by atoms with Gasteiger partial charge in [0.25, 0.3) is 11.8 Å². The molecule has 0 aromatic heterocycles. The van der Waals surface area contributed by atoms with Gasteiger partial charge in [-0.1, -0.05) is 23.8 Å². The highest BCUT2D eigenvalue weighted by molar-refractivity contribution is 6.37. The number of anilines is 2. The van der Waals surface area contributed by atoms with Gasteiger partial charge in [-0.15, -0.1) is 0 Å². The molecule has 0 spiro atoms. The molecule has 0 saturated carbocycles. The highest BCUT2D eigenvalue weighted by atomic mass is 35.5. The quantitative estimate of drug-likeness (QED) is 0.545. The smallest absolute Gasteiger partial charge is 0.266 e. The first kappa shape index (κ1) is 18.8. The summed E-state index contributed by atoms with van der Waals surface area (Å²) in [6.45, 7) is 1.75. The molecule has 150 valence electrons. The number of fused-ring (bicyclic) bond motifs is 2. The number of hydrogen-bond donors (Lipinski definition) is 0. The van der Waals surface area contributed by atoms with Crippen LogP contribution in [0.2, 0.25) is 5.02 Å². The van der Waals surface area contributed by atoms with Gasteiger partial charge in [0.05, 0.1) is 34.3 Å². The topological polar surface area (TPSA) is 74.8 Å². The molecule has 6 nitrogen and oxygen atoms in total. The van der Waals surface area contributed by atoms with Crippen LogP contribution in [0.15, 0.2) is 48.6 Å². The van der Waals surface area contributed by atoms with Crippen LogP contribution in [0.1, 0.15) is 39.1 Å². The fourth-order valence-electron chi connectivity index (χ4n) is 4.52. The van der Waals surface area contributed by atoms with Crippen LogP contribution in [0.4, 0.5) is 11.4 Å². The average Bonchev–Trinajstić information content (AvgIpc) is 3.13. The van der Waals surface area contributed by atoms with E-state index < -0.39 is 11.8 Å². The van der Waals surface area contributed by atoms with Gasteiger partial charge in [-0.25, -0.2) is 4.90 Å². The summed E-state index contributed by atoms with van der Waals surface area (Å²) >= 11 is 5.98. The predicted octanol–water partition coefficient (Wildman–Crippen LogP) is 3.90. The molecule has 5 rings (SSSR count). The van der Waals surface area contributed by atoms with Crippen molar-refractivity contribution in [3.8, 4) is 0 Å². The summed E-state index contributed by atoms with van der Waals surface area (Å²) in [5.74, 6) is -1.90. The fraction of sp³-hybridized carbons (Fsp3) is 0.217. The molecule has 1 aliphatic carbocycles. The number of aryl methyl sites for hydroxylation is 1. The van der Waals surface area contributed by atoms with Crippen LogP contribution in [0.25, 0.3) is 0 Å². The van der Waals surface area contributed by atoms with Gasteiger partial charge >= 0.3 is 0 Å². The predicted molar refractivity (Wildman–Crippen MR) is 112 cm³/mol. The number of carbonyl (C=O) groups is 4. The largest absolute Gasteiger partial charge is 0.274 e. The van der Waals surface area contributed by atoms with Gasteiger partial charge in [-0.2, -0.15) is 0 Å². The van der Waals surface area contributed by atoms with Gasteiger partial charge in [0, 0.05) is 5.02 Å². The second-order valence-electron chi connectivity index (χ2n) is 7.77. The van der Waals surface area contributed by atoms with Gasteiger partial charge in [-0.05, 0) is 61.7 Å². The highest BCUT2D eigenvalue weighted by Crippen LogP contribution is 2.39. The molecule has 2 aromatic carbocycles. The minimum atomic E-state index is -0.446. The lowest BCUT2D eigenvalue weighted by atomic mass is 9.85. The lowest BCUT2D eigenvalue weighted by Crippen LogP contribution is -2.32. The van der Waals surface area contributed by atoms with E-state index in [4.69, 9.17) is 11.6 Å². The SMILES string of the molecule is Cc1cc(N2C(=O)C3CC=CCC3C2=O)ccc1N1C(=O)c2ccc(Cl)cc2C1=O.